The third kappa shape index (κ3) is 6.99. The van der Waals surface area contributed by atoms with Crippen molar-refractivity contribution in [3.05, 3.63) is 71.3 Å². The van der Waals surface area contributed by atoms with E-state index in [1.54, 1.807) is 12.1 Å². The Balaban J connectivity index is 1.96. The van der Waals surface area contributed by atoms with E-state index in [-0.39, 0.29) is 17.7 Å². The molecule has 0 saturated heterocycles. The van der Waals surface area contributed by atoms with E-state index >= 15 is 0 Å². The van der Waals surface area contributed by atoms with Gasteiger partial charge in [0.15, 0.2) is 0 Å². The molecular weight excluding hydrogens is 374 g/mol. The molecule has 2 rings (SSSR count). The summed E-state index contributed by atoms with van der Waals surface area (Å²) < 4.78 is 0. The summed E-state index contributed by atoms with van der Waals surface area (Å²) in [6.07, 6.45) is 0.797. The van der Waals surface area contributed by atoms with E-state index in [1.807, 2.05) is 44.2 Å². The van der Waals surface area contributed by atoms with Crippen molar-refractivity contribution >= 4 is 11.8 Å². The van der Waals surface area contributed by atoms with Gasteiger partial charge in [-0.05, 0) is 50.1 Å². The first kappa shape index (κ1) is 23.6. The Kier molecular flexibility index (Phi) is 9.06. The van der Waals surface area contributed by atoms with E-state index in [1.165, 1.54) is 5.56 Å². The zero-order chi connectivity index (χ0) is 22.1. The van der Waals surface area contributed by atoms with Crippen molar-refractivity contribution in [2.75, 3.05) is 7.05 Å². The van der Waals surface area contributed by atoms with Crippen molar-refractivity contribution in [3.8, 4) is 0 Å². The van der Waals surface area contributed by atoms with Crippen LogP contribution in [0.25, 0.3) is 0 Å². The lowest BCUT2D eigenvalue weighted by atomic mass is 9.97. The van der Waals surface area contributed by atoms with E-state index < -0.39 is 6.04 Å². The molecule has 2 amide bonds. The molecule has 0 heterocycles. The van der Waals surface area contributed by atoms with Gasteiger partial charge in [-0.25, -0.2) is 0 Å². The van der Waals surface area contributed by atoms with Crippen molar-refractivity contribution in [1.29, 1.82) is 0 Å². The zero-order valence-corrected chi connectivity index (χ0v) is 18.8. The van der Waals surface area contributed by atoms with E-state index in [2.05, 4.69) is 48.6 Å². The monoisotopic (exact) mass is 409 g/mol. The van der Waals surface area contributed by atoms with Gasteiger partial charge in [0, 0.05) is 24.7 Å². The van der Waals surface area contributed by atoms with Crippen LogP contribution < -0.4 is 10.6 Å². The fourth-order valence-corrected chi connectivity index (χ4v) is 3.05. The summed E-state index contributed by atoms with van der Waals surface area (Å²) in [5.41, 5.74) is 2.84. The van der Waals surface area contributed by atoms with E-state index in [4.69, 9.17) is 0 Å². The third-order valence-electron chi connectivity index (χ3n) is 5.62. The number of carbonyl (C=O) groups excluding carboxylic acids is 2. The molecule has 2 atom stereocenters. The van der Waals surface area contributed by atoms with Crippen molar-refractivity contribution in [1.82, 2.24) is 15.5 Å². The van der Waals surface area contributed by atoms with E-state index in [0.29, 0.717) is 18.2 Å². The second-order valence-electron chi connectivity index (χ2n) is 8.25. The molecule has 0 aliphatic heterocycles. The van der Waals surface area contributed by atoms with Gasteiger partial charge < -0.3 is 10.6 Å². The molecule has 0 aliphatic rings. The quantitative estimate of drug-likeness (QED) is 0.624. The number of rotatable bonds is 10. The minimum Gasteiger partial charge on any atom is -0.350 e. The van der Waals surface area contributed by atoms with Crippen LogP contribution in [0.2, 0.25) is 0 Å². The molecule has 0 aliphatic carbocycles. The maximum Gasteiger partial charge on any atom is 0.251 e. The molecule has 0 aromatic heterocycles. The summed E-state index contributed by atoms with van der Waals surface area (Å²) in [7, 11) is 2.11. The van der Waals surface area contributed by atoms with Gasteiger partial charge in [-0.15, -0.1) is 0 Å². The molecule has 0 unspecified atom stereocenters. The van der Waals surface area contributed by atoms with Crippen LogP contribution in [0.3, 0.4) is 0 Å². The third-order valence-corrected chi connectivity index (χ3v) is 5.62. The van der Waals surface area contributed by atoms with Gasteiger partial charge in [-0.3, -0.25) is 14.5 Å². The fraction of sp³-hybridized carbons (Fsp3) is 0.440. The first-order chi connectivity index (χ1) is 14.3. The smallest absolute Gasteiger partial charge is 0.251 e. The van der Waals surface area contributed by atoms with Gasteiger partial charge in [0.2, 0.25) is 5.91 Å². The zero-order valence-electron chi connectivity index (χ0n) is 18.8. The summed E-state index contributed by atoms with van der Waals surface area (Å²) in [4.78, 5) is 27.7. The molecule has 2 aromatic carbocycles. The van der Waals surface area contributed by atoms with Crippen LogP contribution in [0.1, 0.15) is 55.6 Å². The lowest BCUT2D eigenvalue weighted by molar-refractivity contribution is -0.124. The molecule has 0 bridgehead atoms. The highest BCUT2D eigenvalue weighted by Gasteiger charge is 2.26. The Morgan fingerprint density at radius 1 is 0.933 bits per heavy atom. The minimum absolute atomic E-state index is 0.0339. The fourth-order valence-electron chi connectivity index (χ4n) is 3.05. The van der Waals surface area contributed by atoms with Crippen LogP contribution in [-0.4, -0.2) is 35.8 Å². The van der Waals surface area contributed by atoms with Gasteiger partial charge in [0.1, 0.15) is 6.04 Å². The molecule has 0 spiro atoms. The molecule has 2 N–H and O–H groups in total. The highest BCUT2D eigenvalue weighted by Crippen LogP contribution is 2.12. The molecule has 30 heavy (non-hydrogen) atoms. The Hall–Kier alpha value is -2.66. The SMILES string of the molecule is CC[C@@H](C)[C@@H](NC(=O)c1ccccc1)C(=O)NCc1ccc(CN(C)C(C)C)cc1. The van der Waals surface area contributed by atoms with Crippen molar-refractivity contribution < 1.29 is 9.59 Å². The topological polar surface area (TPSA) is 61.4 Å². The van der Waals surface area contributed by atoms with E-state index in [9.17, 15) is 9.59 Å². The summed E-state index contributed by atoms with van der Waals surface area (Å²) in [5.74, 6) is -0.349. The molecule has 0 radical (unpaired) electrons. The van der Waals surface area contributed by atoms with Crippen LogP contribution >= 0.6 is 0 Å². The van der Waals surface area contributed by atoms with Gasteiger partial charge in [0.05, 0.1) is 0 Å². The van der Waals surface area contributed by atoms with Gasteiger partial charge in [-0.1, -0.05) is 62.7 Å². The predicted molar refractivity (Wildman–Crippen MR) is 122 cm³/mol. The molecule has 2 aromatic rings. The molecule has 5 heteroatoms. The number of hydrogen-bond acceptors (Lipinski definition) is 3. The average molecular weight is 410 g/mol. The lowest BCUT2D eigenvalue weighted by Gasteiger charge is -2.24. The number of nitrogens with one attached hydrogen (secondary N) is 2. The standard InChI is InChI=1S/C25H35N3O2/c1-6-19(4)23(27-24(29)22-10-8-7-9-11-22)25(30)26-16-20-12-14-21(15-13-20)17-28(5)18(2)3/h7-15,18-19,23H,6,16-17H2,1-5H3,(H,26,30)(H,27,29)/t19-,23-/m1/s1. The van der Waals surface area contributed by atoms with Crippen LogP contribution in [0.15, 0.2) is 54.6 Å². The van der Waals surface area contributed by atoms with Gasteiger partial charge >= 0.3 is 0 Å². The van der Waals surface area contributed by atoms with Crippen molar-refractivity contribution in [2.24, 2.45) is 5.92 Å². The molecule has 0 fully saturated rings. The minimum atomic E-state index is -0.568. The first-order valence-electron chi connectivity index (χ1n) is 10.7. The predicted octanol–water partition coefficient (Wildman–Crippen LogP) is 3.99. The van der Waals surface area contributed by atoms with Crippen LogP contribution in [0.4, 0.5) is 0 Å². The normalized spacial score (nSPS) is 13.2. The van der Waals surface area contributed by atoms with Gasteiger partial charge in [-0.2, -0.15) is 0 Å². The van der Waals surface area contributed by atoms with Crippen molar-refractivity contribution in [2.45, 2.75) is 59.3 Å². The maximum atomic E-state index is 12.8. The molecular formula is C25H35N3O2. The lowest BCUT2D eigenvalue weighted by Crippen LogP contribution is -2.50. The maximum absolute atomic E-state index is 12.8. The van der Waals surface area contributed by atoms with E-state index in [0.717, 1.165) is 18.5 Å². The molecule has 0 saturated carbocycles. The Morgan fingerprint density at radius 3 is 2.10 bits per heavy atom. The number of hydrogen-bond donors (Lipinski definition) is 2. The Morgan fingerprint density at radius 2 is 1.53 bits per heavy atom. The number of carbonyl (C=O) groups is 2. The van der Waals surface area contributed by atoms with Crippen molar-refractivity contribution in [3.63, 3.8) is 0 Å². The summed E-state index contributed by atoms with van der Waals surface area (Å²) in [6, 6.07) is 17.2. The highest BCUT2D eigenvalue weighted by atomic mass is 16.2. The van der Waals surface area contributed by atoms with Crippen LogP contribution in [0.5, 0.6) is 0 Å². The van der Waals surface area contributed by atoms with Gasteiger partial charge in [0.25, 0.3) is 5.91 Å². The van der Waals surface area contributed by atoms with Crippen LogP contribution in [-0.2, 0) is 17.9 Å². The largest absolute Gasteiger partial charge is 0.350 e. The summed E-state index contributed by atoms with van der Waals surface area (Å²) in [5, 5.41) is 5.89. The number of amides is 2. The second-order valence-corrected chi connectivity index (χ2v) is 8.25. The first-order valence-corrected chi connectivity index (χ1v) is 10.7. The van der Waals surface area contributed by atoms with Crippen LogP contribution in [0, 0.1) is 5.92 Å². The summed E-state index contributed by atoms with van der Waals surface area (Å²) in [6.45, 7) is 9.68. The Bertz CT molecular complexity index is 803. The Labute approximate surface area is 180 Å². The average Bonchev–Trinajstić information content (AvgIpc) is 2.76. The number of nitrogens with zero attached hydrogens (tertiary/aromatic N) is 1. The molecule has 5 nitrogen and oxygen atoms in total. The second kappa shape index (κ2) is 11.5. The highest BCUT2D eigenvalue weighted by molar-refractivity contribution is 5.97. The number of benzene rings is 2. The summed E-state index contributed by atoms with van der Waals surface area (Å²) >= 11 is 0. The molecule has 162 valence electrons.